The van der Waals surface area contributed by atoms with Gasteiger partial charge >= 0.3 is 0 Å². The summed E-state index contributed by atoms with van der Waals surface area (Å²) in [5.41, 5.74) is 2.75. The van der Waals surface area contributed by atoms with Gasteiger partial charge in [0, 0.05) is 16.3 Å². The van der Waals surface area contributed by atoms with E-state index in [9.17, 15) is 9.59 Å². The van der Waals surface area contributed by atoms with E-state index in [0.29, 0.717) is 5.69 Å². The third-order valence-corrected chi connectivity index (χ3v) is 6.68. The van der Waals surface area contributed by atoms with Crippen LogP contribution in [-0.4, -0.2) is 11.8 Å². The lowest BCUT2D eigenvalue weighted by atomic mass is 9.68. The van der Waals surface area contributed by atoms with Crippen molar-refractivity contribution in [3.8, 4) is 0 Å². The monoisotopic (exact) mass is 457 g/mol. The predicted octanol–water partition coefficient (Wildman–Crippen LogP) is 5.69. The van der Waals surface area contributed by atoms with E-state index in [1.807, 2.05) is 84.9 Å². The Labute approximate surface area is 184 Å². The number of amides is 2. The Hall–Kier alpha value is -2.98. The molecule has 0 aromatic heterocycles. The van der Waals surface area contributed by atoms with Gasteiger partial charge in [0.2, 0.25) is 11.8 Å². The Bertz CT molecular complexity index is 1040. The minimum atomic E-state index is -0.418. The fraction of sp³-hybridized carbons (Fsp3) is 0.154. The van der Waals surface area contributed by atoms with Crippen LogP contribution in [0.25, 0.3) is 0 Å². The fourth-order valence-electron chi connectivity index (χ4n) is 4.78. The lowest BCUT2D eigenvalue weighted by molar-refractivity contribution is -0.122. The zero-order valence-corrected chi connectivity index (χ0v) is 17.8. The summed E-state index contributed by atoms with van der Waals surface area (Å²) in [5.74, 6) is -1.31. The van der Waals surface area contributed by atoms with Crippen molar-refractivity contribution in [3.63, 3.8) is 0 Å². The van der Waals surface area contributed by atoms with Gasteiger partial charge in [0.1, 0.15) is 0 Å². The summed E-state index contributed by atoms with van der Waals surface area (Å²) in [6.45, 7) is 0. The van der Waals surface area contributed by atoms with Crippen LogP contribution >= 0.6 is 15.9 Å². The van der Waals surface area contributed by atoms with E-state index in [2.05, 4.69) is 28.1 Å². The van der Waals surface area contributed by atoms with Crippen LogP contribution in [-0.2, 0) is 9.59 Å². The Balaban J connectivity index is 1.63. The molecule has 0 unspecified atom stereocenters. The number of benzene rings is 3. The van der Waals surface area contributed by atoms with Gasteiger partial charge in [-0.2, -0.15) is 0 Å². The summed E-state index contributed by atoms with van der Waals surface area (Å²) in [6, 6.07) is 27.4. The molecular formula is C26H20BrNO2. The zero-order valence-electron chi connectivity index (χ0n) is 16.2. The molecule has 4 atom stereocenters. The lowest BCUT2D eigenvalue weighted by Gasteiger charge is -2.32. The molecule has 4 heteroatoms. The van der Waals surface area contributed by atoms with E-state index < -0.39 is 11.8 Å². The Morgan fingerprint density at radius 2 is 1.03 bits per heavy atom. The Morgan fingerprint density at radius 1 is 0.600 bits per heavy atom. The standard InChI is InChI=1S/C26H20BrNO2/c27-19-11-13-20(14-12-19)28-25(29)23-21(17-7-3-1-4-8-17)15-16-22(24(23)26(28)30)18-9-5-2-6-10-18/h1-16,21-24H/t21-,22+,23+,24-. The largest absolute Gasteiger partial charge is 0.274 e. The number of hydrogen-bond acceptors (Lipinski definition) is 2. The molecule has 30 heavy (non-hydrogen) atoms. The number of halogens is 1. The van der Waals surface area contributed by atoms with Crippen LogP contribution < -0.4 is 4.90 Å². The van der Waals surface area contributed by atoms with E-state index in [1.165, 1.54) is 4.90 Å². The molecule has 148 valence electrons. The van der Waals surface area contributed by atoms with Crippen LogP contribution in [0, 0.1) is 11.8 Å². The molecule has 0 saturated carbocycles. The number of nitrogens with zero attached hydrogens (tertiary/aromatic N) is 1. The van der Waals surface area contributed by atoms with E-state index in [4.69, 9.17) is 0 Å². The number of hydrogen-bond donors (Lipinski definition) is 0. The highest BCUT2D eigenvalue weighted by Gasteiger charge is 2.55. The highest BCUT2D eigenvalue weighted by molar-refractivity contribution is 9.10. The van der Waals surface area contributed by atoms with Crippen LogP contribution in [0.4, 0.5) is 5.69 Å². The van der Waals surface area contributed by atoms with Crippen molar-refractivity contribution in [3.05, 3.63) is 113 Å². The Morgan fingerprint density at radius 3 is 1.47 bits per heavy atom. The van der Waals surface area contributed by atoms with Crippen molar-refractivity contribution in [1.82, 2.24) is 0 Å². The average molecular weight is 458 g/mol. The number of anilines is 1. The number of fused-ring (bicyclic) bond motifs is 1. The summed E-state index contributed by atoms with van der Waals surface area (Å²) in [5, 5.41) is 0. The highest BCUT2D eigenvalue weighted by atomic mass is 79.9. The minimum absolute atomic E-state index is 0.118. The summed E-state index contributed by atoms with van der Waals surface area (Å²) in [7, 11) is 0. The van der Waals surface area contributed by atoms with Gasteiger partial charge in [-0.05, 0) is 35.4 Å². The van der Waals surface area contributed by atoms with Crippen LogP contribution in [0.1, 0.15) is 23.0 Å². The van der Waals surface area contributed by atoms with E-state index in [0.717, 1.165) is 15.6 Å². The first kappa shape index (κ1) is 19.0. The highest BCUT2D eigenvalue weighted by Crippen LogP contribution is 2.50. The van der Waals surface area contributed by atoms with Gasteiger partial charge < -0.3 is 0 Å². The van der Waals surface area contributed by atoms with E-state index in [1.54, 1.807) is 0 Å². The van der Waals surface area contributed by atoms with Gasteiger partial charge in [-0.15, -0.1) is 0 Å². The molecule has 0 spiro atoms. The molecule has 0 N–H and O–H groups in total. The smallest absolute Gasteiger partial charge is 0.238 e. The number of allylic oxidation sites excluding steroid dienone is 2. The van der Waals surface area contributed by atoms with Crippen LogP contribution in [0.2, 0.25) is 0 Å². The second-order valence-electron chi connectivity index (χ2n) is 7.80. The second-order valence-corrected chi connectivity index (χ2v) is 8.71. The molecule has 0 bridgehead atoms. The second kappa shape index (κ2) is 7.69. The van der Waals surface area contributed by atoms with Gasteiger partial charge in [-0.3, -0.25) is 9.59 Å². The van der Waals surface area contributed by atoms with Gasteiger partial charge in [-0.25, -0.2) is 4.90 Å². The van der Waals surface area contributed by atoms with Crippen molar-refractivity contribution in [2.24, 2.45) is 11.8 Å². The summed E-state index contributed by atoms with van der Waals surface area (Å²) >= 11 is 3.43. The fourth-order valence-corrected chi connectivity index (χ4v) is 5.04. The SMILES string of the molecule is O=C1[C@@H]2[C@H](C(=O)N1c1ccc(Br)cc1)[C@H](c1ccccc1)C=C[C@@H]2c1ccccc1. The molecule has 5 rings (SSSR count). The first-order valence-corrected chi connectivity index (χ1v) is 10.9. The summed E-state index contributed by atoms with van der Waals surface area (Å²) in [4.78, 5) is 28.7. The van der Waals surface area contributed by atoms with Crippen molar-refractivity contribution < 1.29 is 9.59 Å². The molecule has 1 fully saturated rings. The molecule has 2 aliphatic rings. The van der Waals surface area contributed by atoms with Crippen LogP contribution in [0.15, 0.2) is 102 Å². The Kier molecular flexibility index (Phi) is 4.87. The maximum atomic E-state index is 13.7. The summed E-state index contributed by atoms with van der Waals surface area (Å²) < 4.78 is 0.911. The van der Waals surface area contributed by atoms with Gasteiger partial charge in [-0.1, -0.05) is 88.7 Å². The third kappa shape index (κ3) is 3.12. The normalized spacial score (nSPS) is 25.4. The lowest BCUT2D eigenvalue weighted by Crippen LogP contribution is -2.31. The van der Waals surface area contributed by atoms with Crippen LogP contribution in [0.3, 0.4) is 0 Å². The molecule has 3 aromatic rings. The van der Waals surface area contributed by atoms with Crippen molar-refractivity contribution in [2.45, 2.75) is 11.8 Å². The summed E-state index contributed by atoms with van der Waals surface area (Å²) in [6.07, 6.45) is 4.23. The topological polar surface area (TPSA) is 37.4 Å². The van der Waals surface area contributed by atoms with Gasteiger partial charge in [0.15, 0.2) is 0 Å². The molecule has 1 saturated heterocycles. The first-order valence-electron chi connectivity index (χ1n) is 10.1. The molecule has 1 heterocycles. The van der Waals surface area contributed by atoms with E-state index >= 15 is 0 Å². The maximum absolute atomic E-state index is 13.7. The van der Waals surface area contributed by atoms with Gasteiger partial charge in [0.25, 0.3) is 0 Å². The number of imide groups is 1. The van der Waals surface area contributed by atoms with Crippen molar-refractivity contribution in [1.29, 1.82) is 0 Å². The molecule has 2 amide bonds. The third-order valence-electron chi connectivity index (χ3n) is 6.15. The molecule has 3 nitrogen and oxygen atoms in total. The first-order chi connectivity index (χ1) is 14.6. The molecule has 1 aliphatic carbocycles. The maximum Gasteiger partial charge on any atom is 0.238 e. The molecular weight excluding hydrogens is 438 g/mol. The van der Waals surface area contributed by atoms with Crippen molar-refractivity contribution >= 4 is 33.4 Å². The molecule has 1 aliphatic heterocycles. The van der Waals surface area contributed by atoms with Crippen LogP contribution in [0.5, 0.6) is 0 Å². The zero-order chi connectivity index (χ0) is 20.7. The van der Waals surface area contributed by atoms with Crippen molar-refractivity contribution in [2.75, 3.05) is 4.90 Å². The average Bonchev–Trinajstić information content (AvgIpc) is 3.06. The predicted molar refractivity (Wildman–Crippen MR) is 121 cm³/mol. The van der Waals surface area contributed by atoms with E-state index in [-0.39, 0.29) is 23.7 Å². The quantitative estimate of drug-likeness (QED) is 0.374. The number of carbonyl (C=O) groups excluding carboxylic acids is 2. The van der Waals surface area contributed by atoms with Gasteiger partial charge in [0.05, 0.1) is 17.5 Å². The number of carbonyl (C=O) groups is 2. The molecule has 0 radical (unpaired) electrons. The minimum Gasteiger partial charge on any atom is -0.274 e. The number of rotatable bonds is 3. The molecule has 3 aromatic carbocycles.